The molecule has 1 N–H and O–H groups in total. The fraction of sp³-hybridized carbons (Fsp3) is 0.700. The van der Waals surface area contributed by atoms with Gasteiger partial charge in [0.2, 0.25) is 0 Å². The van der Waals surface area contributed by atoms with Crippen LogP contribution in [0, 0.1) is 12.8 Å². The Morgan fingerprint density at radius 3 is 3.23 bits per heavy atom. The largest absolute Gasteiger partial charge is 0.316 e. The van der Waals surface area contributed by atoms with Crippen molar-refractivity contribution in [3.8, 4) is 0 Å². The molecule has 1 aliphatic rings. The van der Waals surface area contributed by atoms with Gasteiger partial charge in [-0.2, -0.15) is 5.10 Å². The molecule has 1 aromatic heterocycles. The van der Waals surface area contributed by atoms with E-state index in [0.717, 1.165) is 19.0 Å². The SMILES string of the molecule is Cc1cnn(CC2CCCNC2)c1. The number of hydrogen-bond donors (Lipinski definition) is 1. The summed E-state index contributed by atoms with van der Waals surface area (Å²) in [5.74, 6) is 0.771. The zero-order valence-corrected chi connectivity index (χ0v) is 8.16. The summed E-state index contributed by atoms with van der Waals surface area (Å²) in [7, 11) is 0. The van der Waals surface area contributed by atoms with Crippen molar-refractivity contribution in [2.24, 2.45) is 5.92 Å². The second kappa shape index (κ2) is 3.92. The van der Waals surface area contributed by atoms with Gasteiger partial charge in [-0.1, -0.05) is 0 Å². The van der Waals surface area contributed by atoms with Gasteiger partial charge in [0.1, 0.15) is 0 Å². The van der Waals surface area contributed by atoms with E-state index in [-0.39, 0.29) is 0 Å². The van der Waals surface area contributed by atoms with Gasteiger partial charge < -0.3 is 5.32 Å². The summed E-state index contributed by atoms with van der Waals surface area (Å²) < 4.78 is 2.06. The molecule has 0 radical (unpaired) electrons. The Bertz CT molecular complexity index is 261. The highest BCUT2D eigenvalue weighted by atomic mass is 15.3. The summed E-state index contributed by atoms with van der Waals surface area (Å²) in [5.41, 5.74) is 1.25. The van der Waals surface area contributed by atoms with Crippen LogP contribution in [0.3, 0.4) is 0 Å². The lowest BCUT2D eigenvalue weighted by atomic mass is 10.00. The summed E-state index contributed by atoms with van der Waals surface area (Å²) in [6.45, 7) is 5.50. The normalized spacial score (nSPS) is 23.3. The first kappa shape index (κ1) is 8.75. The van der Waals surface area contributed by atoms with E-state index < -0.39 is 0 Å². The number of hydrogen-bond acceptors (Lipinski definition) is 2. The predicted molar refractivity (Wildman–Crippen MR) is 52.6 cm³/mol. The van der Waals surface area contributed by atoms with Crippen molar-refractivity contribution in [3.63, 3.8) is 0 Å². The standard InChI is InChI=1S/C10H17N3/c1-9-5-12-13(7-9)8-10-3-2-4-11-6-10/h5,7,10-11H,2-4,6,8H2,1H3. The molecule has 2 rings (SSSR count). The monoisotopic (exact) mass is 179 g/mol. The van der Waals surface area contributed by atoms with E-state index in [1.807, 2.05) is 6.20 Å². The molecule has 0 spiro atoms. The Kier molecular flexibility index (Phi) is 2.64. The quantitative estimate of drug-likeness (QED) is 0.739. The van der Waals surface area contributed by atoms with Gasteiger partial charge in [0, 0.05) is 12.7 Å². The minimum absolute atomic E-state index is 0.771. The number of aromatic nitrogens is 2. The maximum atomic E-state index is 4.30. The molecule has 13 heavy (non-hydrogen) atoms. The molecule has 1 atom stereocenters. The van der Waals surface area contributed by atoms with Crippen LogP contribution in [-0.2, 0) is 6.54 Å². The van der Waals surface area contributed by atoms with Crippen molar-refractivity contribution in [1.82, 2.24) is 15.1 Å². The Morgan fingerprint density at radius 2 is 2.62 bits per heavy atom. The van der Waals surface area contributed by atoms with E-state index in [0.29, 0.717) is 0 Å². The zero-order valence-electron chi connectivity index (χ0n) is 8.16. The van der Waals surface area contributed by atoms with Crippen LogP contribution in [0.15, 0.2) is 12.4 Å². The maximum absolute atomic E-state index is 4.30. The topological polar surface area (TPSA) is 29.9 Å². The van der Waals surface area contributed by atoms with Crippen molar-refractivity contribution < 1.29 is 0 Å². The number of nitrogens with zero attached hydrogens (tertiary/aromatic N) is 2. The minimum Gasteiger partial charge on any atom is -0.316 e. The fourth-order valence-electron chi connectivity index (χ4n) is 1.91. The average Bonchev–Trinajstić information content (AvgIpc) is 2.53. The first-order valence-corrected chi connectivity index (χ1v) is 5.04. The minimum atomic E-state index is 0.771. The third-order valence-electron chi connectivity index (χ3n) is 2.61. The van der Waals surface area contributed by atoms with Crippen molar-refractivity contribution in [1.29, 1.82) is 0 Å². The van der Waals surface area contributed by atoms with Crippen LogP contribution >= 0.6 is 0 Å². The summed E-state index contributed by atoms with van der Waals surface area (Å²) in [5, 5.41) is 7.72. The first-order chi connectivity index (χ1) is 6.34. The smallest absolute Gasteiger partial charge is 0.0518 e. The van der Waals surface area contributed by atoms with Gasteiger partial charge in [-0.05, 0) is 44.3 Å². The molecular weight excluding hydrogens is 162 g/mol. The molecule has 0 aliphatic carbocycles. The van der Waals surface area contributed by atoms with E-state index in [4.69, 9.17) is 0 Å². The lowest BCUT2D eigenvalue weighted by Gasteiger charge is -2.22. The van der Waals surface area contributed by atoms with Crippen LogP contribution in [-0.4, -0.2) is 22.9 Å². The molecule has 0 bridgehead atoms. The first-order valence-electron chi connectivity index (χ1n) is 5.04. The number of nitrogens with one attached hydrogen (secondary N) is 1. The highest BCUT2D eigenvalue weighted by molar-refractivity contribution is 4.99. The van der Waals surface area contributed by atoms with Gasteiger partial charge in [-0.3, -0.25) is 4.68 Å². The lowest BCUT2D eigenvalue weighted by molar-refractivity contribution is 0.325. The molecule has 1 aliphatic heterocycles. The summed E-state index contributed by atoms with van der Waals surface area (Å²) >= 11 is 0. The Morgan fingerprint density at radius 1 is 1.69 bits per heavy atom. The zero-order chi connectivity index (χ0) is 9.10. The molecule has 1 unspecified atom stereocenters. The second-order valence-corrected chi connectivity index (χ2v) is 3.95. The van der Waals surface area contributed by atoms with Crippen LogP contribution in [0.1, 0.15) is 18.4 Å². The van der Waals surface area contributed by atoms with Gasteiger partial charge in [0.15, 0.2) is 0 Å². The molecular formula is C10H17N3. The van der Waals surface area contributed by atoms with Crippen molar-refractivity contribution >= 4 is 0 Å². The third kappa shape index (κ3) is 2.31. The molecule has 72 valence electrons. The predicted octanol–water partition coefficient (Wildman–Crippen LogP) is 1.19. The van der Waals surface area contributed by atoms with Crippen LogP contribution in [0.25, 0.3) is 0 Å². The Hall–Kier alpha value is -0.830. The van der Waals surface area contributed by atoms with Crippen molar-refractivity contribution in [3.05, 3.63) is 18.0 Å². The van der Waals surface area contributed by atoms with Crippen LogP contribution < -0.4 is 5.32 Å². The van der Waals surface area contributed by atoms with Crippen LogP contribution in [0.5, 0.6) is 0 Å². The average molecular weight is 179 g/mol. The highest BCUT2D eigenvalue weighted by Gasteiger charge is 2.13. The Balaban J connectivity index is 1.89. The number of piperidine rings is 1. The third-order valence-corrected chi connectivity index (χ3v) is 2.61. The van der Waals surface area contributed by atoms with Gasteiger partial charge in [-0.25, -0.2) is 0 Å². The van der Waals surface area contributed by atoms with Crippen LogP contribution in [0.4, 0.5) is 0 Å². The highest BCUT2D eigenvalue weighted by Crippen LogP contribution is 2.12. The summed E-state index contributed by atoms with van der Waals surface area (Å²) in [4.78, 5) is 0. The summed E-state index contributed by atoms with van der Waals surface area (Å²) in [6.07, 6.45) is 6.70. The van der Waals surface area contributed by atoms with Gasteiger partial charge in [0.25, 0.3) is 0 Å². The van der Waals surface area contributed by atoms with E-state index in [1.165, 1.54) is 24.9 Å². The van der Waals surface area contributed by atoms with Crippen molar-refractivity contribution in [2.45, 2.75) is 26.3 Å². The van der Waals surface area contributed by atoms with E-state index in [2.05, 4.69) is 28.2 Å². The van der Waals surface area contributed by atoms with Crippen LogP contribution in [0.2, 0.25) is 0 Å². The Labute approximate surface area is 79.1 Å². The second-order valence-electron chi connectivity index (χ2n) is 3.95. The summed E-state index contributed by atoms with van der Waals surface area (Å²) in [6, 6.07) is 0. The maximum Gasteiger partial charge on any atom is 0.0518 e. The molecule has 0 aromatic carbocycles. The van der Waals surface area contributed by atoms with E-state index in [1.54, 1.807) is 0 Å². The molecule has 0 amide bonds. The number of aryl methyl sites for hydroxylation is 1. The number of rotatable bonds is 2. The molecule has 0 saturated carbocycles. The molecule has 3 nitrogen and oxygen atoms in total. The fourth-order valence-corrected chi connectivity index (χ4v) is 1.91. The molecule has 3 heteroatoms. The van der Waals surface area contributed by atoms with Gasteiger partial charge >= 0.3 is 0 Å². The molecule has 1 saturated heterocycles. The van der Waals surface area contributed by atoms with E-state index in [9.17, 15) is 0 Å². The molecule has 1 aromatic rings. The van der Waals surface area contributed by atoms with Gasteiger partial charge in [-0.15, -0.1) is 0 Å². The van der Waals surface area contributed by atoms with Crippen molar-refractivity contribution in [2.75, 3.05) is 13.1 Å². The van der Waals surface area contributed by atoms with Gasteiger partial charge in [0.05, 0.1) is 6.20 Å². The molecule has 1 fully saturated rings. The van der Waals surface area contributed by atoms with E-state index >= 15 is 0 Å². The molecule has 2 heterocycles. The lowest BCUT2D eigenvalue weighted by Crippen LogP contribution is -2.32.